The van der Waals surface area contributed by atoms with E-state index in [4.69, 9.17) is 4.52 Å². The summed E-state index contributed by atoms with van der Waals surface area (Å²) in [5.74, 6) is -0.422. The number of amides is 1. The van der Waals surface area contributed by atoms with Gasteiger partial charge in [-0.05, 0) is 62.9 Å². The number of benzene rings is 1. The number of aryl methyl sites for hydroxylation is 3. The summed E-state index contributed by atoms with van der Waals surface area (Å²) in [7, 11) is -3.90. The molecule has 2 aromatic heterocycles. The number of aromatic nitrogens is 2. The summed E-state index contributed by atoms with van der Waals surface area (Å²) in [6.07, 6.45) is 6.38. The minimum atomic E-state index is -3.90. The van der Waals surface area contributed by atoms with Crippen molar-refractivity contribution in [2.24, 2.45) is 5.92 Å². The first kappa shape index (κ1) is 24.8. The number of carbonyl (C=O) groups is 1. The molecule has 1 amide bonds. The molecule has 1 aliphatic heterocycles. The molecule has 1 atom stereocenters. The lowest BCUT2D eigenvalue weighted by Gasteiger charge is -2.31. The van der Waals surface area contributed by atoms with Crippen LogP contribution in [-0.4, -0.2) is 41.9 Å². The lowest BCUT2D eigenvalue weighted by molar-refractivity contribution is -0.126. The first-order valence-corrected chi connectivity index (χ1v) is 13.1. The molecule has 1 fully saturated rings. The summed E-state index contributed by atoms with van der Waals surface area (Å²) in [6.45, 7) is 6.38. The molecule has 8 nitrogen and oxygen atoms in total. The molecule has 1 aromatic carbocycles. The summed E-state index contributed by atoms with van der Waals surface area (Å²) in [5.41, 5.74) is 4.21. The van der Waals surface area contributed by atoms with Gasteiger partial charge in [0.15, 0.2) is 10.7 Å². The fourth-order valence-corrected chi connectivity index (χ4v) is 6.01. The summed E-state index contributed by atoms with van der Waals surface area (Å²) in [5, 5.41) is 6.81. The maximum Gasteiger partial charge on any atom is 0.248 e. The Labute approximate surface area is 206 Å². The molecule has 0 aliphatic carbocycles. The molecule has 1 aliphatic rings. The fraction of sp³-hybridized carbons (Fsp3) is 0.346. The van der Waals surface area contributed by atoms with Gasteiger partial charge < -0.3 is 9.84 Å². The number of piperidine rings is 1. The smallest absolute Gasteiger partial charge is 0.248 e. The van der Waals surface area contributed by atoms with Gasteiger partial charge in [0.25, 0.3) is 0 Å². The maximum atomic E-state index is 13.6. The van der Waals surface area contributed by atoms with Gasteiger partial charge in [-0.1, -0.05) is 41.1 Å². The van der Waals surface area contributed by atoms with Crippen LogP contribution in [0.15, 0.2) is 52.0 Å². The Balaban J connectivity index is 1.51. The Bertz CT molecular complexity index is 1330. The highest BCUT2D eigenvalue weighted by molar-refractivity contribution is 7.89. The Morgan fingerprint density at radius 3 is 2.80 bits per heavy atom. The minimum Gasteiger partial charge on any atom is -0.355 e. The summed E-state index contributed by atoms with van der Waals surface area (Å²) in [6, 6.07) is 11.6. The standard InChI is InChI=1S/C26H30N4O4S/c1-18-9-10-19(2)21(15-18)11-12-24-25(20(3)29-34-24)35(32,33)30-14-6-7-22(17-30)26(31)28-16-23-8-4-5-13-27-23/h4-5,8-13,15,22H,6-7,14,16-17H2,1-3H3,(H,28,31). The van der Waals surface area contributed by atoms with Crippen LogP contribution >= 0.6 is 0 Å². The molecular weight excluding hydrogens is 464 g/mol. The molecule has 0 spiro atoms. The van der Waals surface area contributed by atoms with Crippen LogP contribution in [0, 0.1) is 26.7 Å². The quantitative estimate of drug-likeness (QED) is 0.534. The van der Waals surface area contributed by atoms with Gasteiger partial charge in [-0.25, -0.2) is 8.42 Å². The van der Waals surface area contributed by atoms with Crippen LogP contribution in [0.1, 0.15) is 46.7 Å². The first-order valence-electron chi connectivity index (χ1n) is 11.6. The maximum absolute atomic E-state index is 13.6. The Kier molecular flexibility index (Phi) is 7.47. The van der Waals surface area contributed by atoms with Gasteiger partial charge in [0.2, 0.25) is 15.9 Å². The molecule has 184 valence electrons. The topological polar surface area (TPSA) is 105 Å². The lowest BCUT2D eigenvalue weighted by Crippen LogP contribution is -2.45. The zero-order chi connectivity index (χ0) is 25.0. The summed E-state index contributed by atoms with van der Waals surface area (Å²) >= 11 is 0. The van der Waals surface area contributed by atoms with Crippen molar-refractivity contribution in [1.82, 2.24) is 19.8 Å². The number of nitrogens with one attached hydrogen (secondary N) is 1. The van der Waals surface area contributed by atoms with Gasteiger partial charge in [-0.15, -0.1) is 0 Å². The van der Waals surface area contributed by atoms with Crippen LogP contribution in [0.4, 0.5) is 0 Å². The average molecular weight is 495 g/mol. The number of hydrogen-bond donors (Lipinski definition) is 1. The van der Waals surface area contributed by atoms with Crippen molar-refractivity contribution in [2.45, 2.75) is 45.1 Å². The molecule has 35 heavy (non-hydrogen) atoms. The van der Waals surface area contributed by atoms with Gasteiger partial charge >= 0.3 is 0 Å². The highest BCUT2D eigenvalue weighted by Gasteiger charge is 2.36. The molecule has 1 N–H and O–H groups in total. The van der Waals surface area contributed by atoms with E-state index in [-0.39, 0.29) is 23.1 Å². The van der Waals surface area contributed by atoms with Gasteiger partial charge in [-0.3, -0.25) is 9.78 Å². The van der Waals surface area contributed by atoms with E-state index in [1.165, 1.54) is 4.31 Å². The molecule has 3 heterocycles. The highest BCUT2D eigenvalue weighted by atomic mass is 32.2. The second-order valence-corrected chi connectivity index (χ2v) is 10.8. The van der Waals surface area contributed by atoms with E-state index in [1.807, 2.05) is 56.3 Å². The van der Waals surface area contributed by atoms with Gasteiger partial charge in [0, 0.05) is 19.3 Å². The van der Waals surface area contributed by atoms with E-state index in [1.54, 1.807) is 19.2 Å². The van der Waals surface area contributed by atoms with Crippen LogP contribution in [0.2, 0.25) is 0 Å². The van der Waals surface area contributed by atoms with Gasteiger partial charge in [0.05, 0.1) is 18.2 Å². The number of nitrogens with zero attached hydrogens (tertiary/aromatic N) is 3. The predicted molar refractivity (Wildman–Crippen MR) is 134 cm³/mol. The van der Waals surface area contributed by atoms with E-state index in [0.29, 0.717) is 31.6 Å². The number of rotatable bonds is 7. The third-order valence-corrected chi connectivity index (χ3v) is 8.23. The third kappa shape index (κ3) is 5.68. The molecule has 3 aromatic rings. The number of carbonyl (C=O) groups excluding carboxylic acids is 1. The lowest BCUT2D eigenvalue weighted by atomic mass is 9.99. The summed E-state index contributed by atoms with van der Waals surface area (Å²) < 4.78 is 34.0. The minimum absolute atomic E-state index is 0.0496. The van der Waals surface area contributed by atoms with Crippen molar-refractivity contribution in [1.29, 1.82) is 0 Å². The molecule has 0 saturated carbocycles. The van der Waals surface area contributed by atoms with E-state index >= 15 is 0 Å². The zero-order valence-corrected chi connectivity index (χ0v) is 21.0. The Morgan fingerprint density at radius 1 is 1.20 bits per heavy atom. The van der Waals surface area contributed by atoms with Crippen LogP contribution in [0.25, 0.3) is 12.2 Å². The Hall–Kier alpha value is -3.30. The largest absolute Gasteiger partial charge is 0.355 e. The molecule has 0 radical (unpaired) electrons. The van der Waals surface area contributed by atoms with Crippen LogP contribution in [-0.2, 0) is 21.4 Å². The van der Waals surface area contributed by atoms with Crippen LogP contribution < -0.4 is 5.32 Å². The predicted octanol–water partition coefficient (Wildman–Crippen LogP) is 3.88. The average Bonchev–Trinajstić information content (AvgIpc) is 3.24. The van der Waals surface area contributed by atoms with Crippen molar-refractivity contribution >= 4 is 28.1 Å². The van der Waals surface area contributed by atoms with E-state index < -0.39 is 15.9 Å². The molecule has 1 unspecified atom stereocenters. The van der Waals surface area contributed by atoms with Crippen molar-refractivity contribution in [2.75, 3.05) is 13.1 Å². The number of pyridine rings is 1. The van der Waals surface area contributed by atoms with Crippen molar-refractivity contribution in [3.05, 3.63) is 76.4 Å². The monoisotopic (exact) mass is 494 g/mol. The van der Waals surface area contributed by atoms with Crippen molar-refractivity contribution in [3.63, 3.8) is 0 Å². The zero-order valence-electron chi connectivity index (χ0n) is 20.2. The summed E-state index contributed by atoms with van der Waals surface area (Å²) in [4.78, 5) is 17.0. The van der Waals surface area contributed by atoms with E-state index in [0.717, 1.165) is 22.4 Å². The second kappa shape index (κ2) is 10.5. The highest BCUT2D eigenvalue weighted by Crippen LogP contribution is 2.29. The van der Waals surface area contributed by atoms with Crippen LogP contribution in [0.3, 0.4) is 0 Å². The first-order chi connectivity index (χ1) is 16.8. The molecule has 1 saturated heterocycles. The third-order valence-electron chi connectivity index (χ3n) is 6.20. The Morgan fingerprint density at radius 2 is 2.03 bits per heavy atom. The van der Waals surface area contributed by atoms with Gasteiger partial charge in [-0.2, -0.15) is 4.31 Å². The SMILES string of the molecule is Cc1ccc(C)c(C=Cc2onc(C)c2S(=O)(=O)N2CCCC(C(=O)NCc3ccccn3)C2)c1. The molecule has 0 bridgehead atoms. The number of sulfonamides is 1. The van der Waals surface area contributed by atoms with E-state index in [9.17, 15) is 13.2 Å². The molecule has 4 rings (SSSR count). The number of hydrogen-bond acceptors (Lipinski definition) is 6. The van der Waals surface area contributed by atoms with Crippen molar-refractivity contribution < 1.29 is 17.7 Å². The molecular formula is C26H30N4O4S. The van der Waals surface area contributed by atoms with Gasteiger partial charge in [0.1, 0.15) is 5.69 Å². The van der Waals surface area contributed by atoms with Crippen molar-refractivity contribution in [3.8, 4) is 0 Å². The van der Waals surface area contributed by atoms with Crippen LogP contribution in [0.5, 0.6) is 0 Å². The fourth-order valence-electron chi connectivity index (χ4n) is 4.23. The van der Waals surface area contributed by atoms with E-state index in [2.05, 4.69) is 15.5 Å². The second-order valence-electron chi connectivity index (χ2n) is 8.90. The molecule has 9 heteroatoms. The normalized spacial score (nSPS) is 17.1.